The molecule has 20 heavy (non-hydrogen) atoms. The van der Waals surface area contributed by atoms with Gasteiger partial charge in [0, 0.05) is 6.42 Å². The number of carboxylic acids is 1. The summed E-state index contributed by atoms with van der Waals surface area (Å²) in [6, 6.07) is 4.55. The Morgan fingerprint density at radius 2 is 1.85 bits per heavy atom. The summed E-state index contributed by atoms with van der Waals surface area (Å²) in [5.74, 6) is -2.30. The van der Waals surface area contributed by atoms with Crippen molar-refractivity contribution in [3.8, 4) is 0 Å². The Bertz CT molecular complexity index is 593. The standard InChI is InChI=1S/C12H15NO6S/c1-8-2-4-9(5-3-8)20(17,18)19-11(14)7-6-10(13)12(15)16/h2-5,10H,6-7,13H2,1H3,(H,15,16)/t10-/m0/s1. The Balaban J connectivity index is 2.65. The van der Waals surface area contributed by atoms with Gasteiger partial charge >= 0.3 is 22.1 Å². The summed E-state index contributed by atoms with van der Waals surface area (Å²) in [6.45, 7) is 1.79. The van der Waals surface area contributed by atoms with E-state index in [9.17, 15) is 18.0 Å². The maximum Gasteiger partial charge on any atom is 0.341 e. The van der Waals surface area contributed by atoms with Crippen LogP contribution in [-0.2, 0) is 23.9 Å². The third-order valence-corrected chi connectivity index (χ3v) is 3.74. The van der Waals surface area contributed by atoms with E-state index in [0.717, 1.165) is 5.56 Å². The molecule has 0 radical (unpaired) electrons. The van der Waals surface area contributed by atoms with Crippen molar-refractivity contribution in [1.82, 2.24) is 0 Å². The SMILES string of the molecule is Cc1ccc(S(=O)(=O)OC(=O)CC[C@H](N)C(=O)O)cc1. The predicted octanol–water partition coefficient (Wildman–Crippen LogP) is 0.419. The van der Waals surface area contributed by atoms with Crippen molar-refractivity contribution >= 4 is 22.1 Å². The molecular formula is C12H15NO6S. The molecule has 0 amide bonds. The Hall–Kier alpha value is -1.93. The van der Waals surface area contributed by atoms with Gasteiger partial charge in [0.2, 0.25) is 0 Å². The molecule has 0 bridgehead atoms. The van der Waals surface area contributed by atoms with Gasteiger partial charge in [0.05, 0.1) is 0 Å². The predicted molar refractivity (Wildman–Crippen MR) is 69.3 cm³/mol. The fourth-order valence-corrected chi connectivity index (χ4v) is 2.21. The van der Waals surface area contributed by atoms with Crippen molar-refractivity contribution in [1.29, 1.82) is 0 Å². The molecule has 0 heterocycles. The van der Waals surface area contributed by atoms with E-state index in [4.69, 9.17) is 10.8 Å². The maximum absolute atomic E-state index is 11.7. The average molecular weight is 301 g/mol. The molecule has 0 saturated heterocycles. The molecule has 8 heteroatoms. The molecule has 1 atom stereocenters. The van der Waals surface area contributed by atoms with Gasteiger partial charge in [-0.15, -0.1) is 0 Å². The number of hydrogen-bond acceptors (Lipinski definition) is 6. The maximum atomic E-state index is 11.7. The molecule has 0 saturated carbocycles. The smallest absolute Gasteiger partial charge is 0.341 e. The van der Waals surface area contributed by atoms with Crippen LogP contribution in [0.2, 0.25) is 0 Å². The van der Waals surface area contributed by atoms with Crippen molar-refractivity contribution < 1.29 is 27.3 Å². The first kappa shape index (κ1) is 16.1. The van der Waals surface area contributed by atoms with Crippen LogP contribution in [0.3, 0.4) is 0 Å². The Kier molecular flexibility index (Phi) is 5.23. The summed E-state index contributed by atoms with van der Waals surface area (Å²) in [4.78, 5) is 21.7. The van der Waals surface area contributed by atoms with E-state index < -0.39 is 34.5 Å². The van der Waals surface area contributed by atoms with Gasteiger partial charge in [-0.3, -0.25) is 9.59 Å². The minimum atomic E-state index is -4.18. The zero-order valence-corrected chi connectivity index (χ0v) is 11.6. The van der Waals surface area contributed by atoms with E-state index >= 15 is 0 Å². The van der Waals surface area contributed by atoms with Crippen LogP contribution in [0.15, 0.2) is 29.2 Å². The highest BCUT2D eigenvalue weighted by molar-refractivity contribution is 7.87. The fourth-order valence-electron chi connectivity index (χ4n) is 1.31. The van der Waals surface area contributed by atoms with E-state index in [2.05, 4.69) is 4.18 Å². The van der Waals surface area contributed by atoms with Gasteiger partial charge in [-0.05, 0) is 25.5 Å². The number of carbonyl (C=O) groups is 2. The summed E-state index contributed by atoms with van der Waals surface area (Å²) in [5.41, 5.74) is 6.06. The topological polar surface area (TPSA) is 124 Å². The molecule has 0 aliphatic heterocycles. The third-order valence-electron chi connectivity index (χ3n) is 2.49. The van der Waals surface area contributed by atoms with Gasteiger partial charge < -0.3 is 15.0 Å². The second-order valence-corrected chi connectivity index (χ2v) is 5.75. The molecule has 0 aromatic heterocycles. The first-order valence-corrected chi connectivity index (χ1v) is 7.15. The first-order valence-electron chi connectivity index (χ1n) is 5.75. The highest BCUT2D eigenvalue weighted by Crippen LogP contribution is 2.14. The van der Waals surface area contributed by atoms with Gasteiger partial charge in [-0.1, -0.05) is 17.7 Å². The van der Waals surface area contributed by atoms with Crippen LogP contribution >= 0.6 is 0 Å². The van der Waals surface area contributed by atoms with Crippen molar-refractivity contribution in [2.24, 2.45) is 5.73 Å². The van der Waals surface area contributed by atoms with Crippen LogP contribution in [0.4, 0.5) is 0 Å². The highest BCUT2D eigenvalue weighted by atomic mass is 32.2. The normalized spacial score (nSPS) is 12.7. The molecule has 0 spiro atoms. The van der Waals surface area contributed by atoms with Gasteiger partial charge in [-0.25, -0.2) is 0 Å². The quantitative estimate of drug-likeness (QED) is 0.729. The number of nitrogens with two attached hydrogens (primary N) is 1. The number of aliphatic carboxylic acids is 1. The average Bonchev–Trinajstić information content (AvgIpc) is 2.35. The molecular weight excluding hydrogens is 286 g/mol. The van der Waals surface area contributed by atoms with Gasteiger partial charge in [-0.2, -0.15) is 8.42 Å². The van der Waals surface area contributed by atoms with Crippen LogP contribution in [0, 0.1) is 6.92 Å². The number of carbonyl (C=O) groups excluding carboxylic acids is 1. The molecule has 0 unspecified atom stereocenters. The Morgan fingerprint density at radius 1 is 1.30 bits per heavy atom. The largest absolute Gasteiger partial charge is 0.480 e. The molecule has 3 N–H and O–H groups in total. The number of hydrogen-bond donors (Lipinski definition) is 2. The highest BCUT2D eigenvalue weighted by Gasteiger charge is 2.21. The summed E-state index contributed by atoms with van der Waals surface area (Å²) in [6.07, 6.45) is -0.587. The van der Waals surface area contributed by atoms with E-state index in [-0.39, 0.29) is 11.3 Å². The summed E-state index contributed by atoms with van der Waals surface area (Å²) in [5, 5.41) is 8.54. The van der Waals surface area contributed by atoms with Gasteiger partial charge in [0.1, 0.15) is 10.9 Å². The first-order chi connectivity index (χ1) is 9.22. The molecule has 0 fully saturated rings. The monoisotopic (exact) mass is 301 g/mol. The lowest BCUT2D eigenvalue weighted by atomic mass is 10.2. The lowest BCUT2D eigenvalue weighted by Gasteiger charge is -2.07. The minimum Gasteiger partial charge on any atom is -0.480 e. The number of benzene rings is 1. The number of aryl methyl sites for hydroxylation is 1. The molecule has 1 aromatic carbocycles. The molecule has 1 rings (SSSR count). The van der Waals surface area contributed by atoms with Crippen LogP contribution in [0.1, 0.15) is 18.4 Å². The van der Waals surface area contributed by atoms with Gasteiger partial charge in [0.15, 0.2) is 0 Å². The fraction of sp³-hybridized carbons (Fsp3) is 0.333. The lowest BCUT2D eigenvalue weighted by Crippen LogP contribution is -2.31. The Labute approximate surface area is 116 Å². The molecule has 7 nitrogen and oxygen atoms in total. The zero-order chi connectivity index (χ0) is 15.3. The Morgan fingerprint density at radius 3 is 2.35 bits per heavy atom. The van der Waals surface area contributed by atoms with Crippen molar-refractivity contribution in [3.05, 3.63) is 29.8 Å². The van der Waals surface area contributed by atoms with Crippen LogP contribution < -0.4 is 5.73 Å². The molecule has 0 aliphatic rings. The van der Waals surface area contributed by atoms with E-state index in [1.54, 1.807) is 19.1 Å². The van der Waals surface area contributed by atoms with Crippen molar-refractivity contribution in [2.45, 2.75) is 30.7 Å². The van der Waals surface area contributed by atoms with Crippen LogP contribution in [0.5, 0.6) is 0 Å². The van der Waals surface area contributed by atoms with Crippen LogP contribution in [0.25, 0.3) is 0 Å². The second kappa shape index (κ2) is 6.49. The summed E-state index contributed by atoms with van der Waals surface area (Å²) >= 11 is 0. The zero-order valence-electron chi connectivity index (χ0n) is 10.8. The van der Waals surface area contributed by atoms with E-state index in [0.29, 0.717) is 0 Å². The summed E-state index contributed by atoms with van der Waals surface area (Å²) < 4.78 is 27.9. The molecule has 110 valence electrons. The van der Waals surface area contributed by atoms with Crippen LogP contribution in [-0.4, -0.2) is 31.5 Å². The van der Waals surface area contributed by atoms with Crippen molar-refractivity contribution in [3.63, 3.8) is 0 Å². The molecule has 1 aromatic rings. The second-order valence-electron chi connectivity index (χ2n) is 4.21. The number of rotatable bonds is 6. The molecule has 0 aliphatic carbocycles. The number of carboxylic acid groups (broad SMARTS) is 1. The third kappa shape index (κ3) is 4.63. The van der Waals surface area contributed by atoms with E-state index in [1.165, 1.54) is 12.1 Å². The van der Waals surface area contributed by atoms with E-state index in [1.807, 2.05) is 0 Å². The minimum absolute atomic E-state index is 0.140. The summed E-state index contributed by atoms with van der Waals surface area (Å²) in [7, 11) is -4.18. The van der Waals surface area contributed by atoms with Gasteiger partial charge in [0.25, 0.3) is 0 Å². The lowest BCUT2D eigenvalue weighted by molar-refractivity contribution is -0.139. The van der Waals surface area contributed by atoms with Crippen molar-refractivity contribution in [2.75, 3.05) is 0 Å².